The van der Waals surface area contributed by atoms with E-state index in [1.807, 2.05) is 73.9 Å². The van der Waals surface area contributed by atoms with Crippen LogP contribution in [0.15, 0.2) is 78.9 Å². The fourth-order valence-electron chi connectivity index (χ4n) is 3.98. The van der Waals surface area contributed by atoms with E-state index in [1.165, 1.54) is 0 Å². The maximum atomic E-state index is 12.8. The molecule has 0 saturated heterocycles. The number of aryl methyl sites for hydroxylation is 3. The summed E-state index contributed by atoms with van der Waals surface area (Å²) >= 11 is 0. The van der Waals surface area contributed by atoms with Crippen molar-refractivity contribution < 1.29 is 9.59 Å². The van der Waals surface area contributed by atoms with Gasteiger partial charge in [0.2, 0.25) is 0 Å². The van der Waals surface area contributed by atoms with Crippen molar-refractivity contribution in [3.63, 3.8) is 0 Å². The summed E-state index contributed by atoms with van der Waals surface area (Å²) in [6.07, 6.45) is 5.70. The fourth-order valence-corrected chi connectivity index (χ4v) is 3.98. The van der Waals surface area contributed by atoms with E-state index >= 15 is 0 Å². The molecule has 4 aromatic rings. The Bertz CT molecular complexity index is 1330. The highest BCUT2D eigenvalue weighted by Crippen LogP contribution is 2.32. The van der Waals surface area contributed by atoms with Crippen molar-refractivity contribution >= 4 is 34.0 Å². The normalized spacial score (nSPS) is 13.8. The topological polar surface area (TPSA) is 81.0 Å². The van der Waals surface area contributed by atoms with E-state index in [1.54, 1.807) is 6.20 Å². The van der Waals surface area contributed by atoms with Crippen LogP contribution < -0.4 is 10.6 Å². The zero-order valence-corrected chi connectivity index (χ0v) is 17.0. The molecule has 31 heavy (non-hydrogen) atoms. The highest BCUT2D eigenvalue weighted by atomic mass is 16.2. The van der Waals surface area contributed by atoms with Crippen molar-refractivity contribution in [3.8, 4) is 0 Å². The minimum Gasteiger partial charge on any atom is -0.350 e. The average molecular weight is 411 g/mol. The molecule has 3 heterocycles. The molecule has 0 unspecified atom stereocenters. The van der Waals surface area contributed by atoms with Gasteiger partial charge in [0.1, 0.15) is 11.5 Å². The van der Waals surface area contributed by atoms with Crippen molar-refractivity contribution in [1.82, 2.24) is 19.4 Å². The van der Waals surface area contributed by atoms with E-state index in [2.05, 4.69) is 24.8 Å². The Morgan fingerprint density at radius 2 is 1.68 bits per heavy atom. The van der Waals surface area contributed by atoms with Gasteiger partial charge in [-0.2, -0.15) is 0 Å². The highest BCUT2D eigenvalue weighted by Gasteiger charge is 2.33. The number of nitrogens with one attached hydrogen (secondary N) is 2. The zero-order valence-electron chi connectivity index (χ0n) is 17.0. The number of carbonyl (C=O) groups excluding carboxylic acids is 2. The lowest BCUT2D eigenvalue weighted by Crippen LogP contribution is -2.24. The van der Waals surface area contributed by atoms with Crippen LogP contribution in [0, 0.1) is 6.92 Å². The van der Waals surface area contributed by atoms with Gasteiger partial charge in [-0.05, 0) is 25.1 Å². The molecule has 1 aliphatic rings. The summed E-state index contributed by atoms with van der Waals surface area (Å²) in [5.74, 6) is 0.140. The number of anilines is 1. The fraction of sp³-hybridized carbons (Fsp3) is 0.125. The first-order chi connectivity index (χ1) is 15.1. The summed E-state index contributed by atoms with van der Waals surface area (Å²) < 4.78 is 4.20. The highest BCUT2D eigenvalue weighted by molar-refractivity contribution is 6.38. The van der Waals surface area contributed by atoms with Crippen molar-refractivity contribution in [2.75, 3.05) is 5.32 Å². The van der Waals surface area contributed by atoms with Gasteiger partial charge in [0.15, 0.2) is 0 Å². The summed E-state index contributed by atoms with van der Waals surface area (Å²) in [6.45, 7) is 3.44. The SMILES string of the molecule is Cc1nccn1CCn1cc(C2=C(Nc3ccccc3)C(=O)NC2=O)c2ccccc21. The third kappa shape index (κ3) is 3.40. The van der Waals surface area contributed by atoms with E-state index in [-0.39, 0.29) is 5.70 Å². The second kappa shape index (κ2) is 7.60. The van der Waals surface area contributed by atoms with Crippen LogP contribution in [0.1, 0.15) is 11.4 Å². The first-order valence-corrected chi connectivity index (χ1v) is 10.1. The standard InChI is InChI=1S/C24H21N5O2/c1-16-25-11-12-28(16)13-14-29-15-19(18-9-5-6-10-20(18)29)21-22(24(31)27-23(21)30)26-17-7-3-2-4-8-17/h2-12,15H,13-14H2,1H3,(H2,26,27,30,31). The summed E-state index contributed by atoms with van der Waals surface area (Å²) in [5.41, 5.74) is 3.13. The third-order valence-electron chi connectivity index (χ3n) is 5.54. The second-order valence-electron chi connectivity index (χ2n) is 7.45. The lowest BCUT2D eigenvalue weighted by molar-refractivity contribution is -0.123. The second-order valence-corrected chi connectivity index (χ2v) is 7.45. The van der Waals surface area contributed by atoms with Gasteiger partial charge in [-0.1, -0.05) is 36.4 Å². The summed E-state index contributed by atoms with van der Waals surface area (Å²) in [5, 5.41) is 6.49. The van der Waals surface area contributed by atoms with E-state index in [9.17, 15) is 9.59 Å². The van der Waals surface area contributed by atoms with Gasteiger partial charge in [-0.25, -0.2) is 4.98 Å². The summed E-state index contributed by atoms with van der Waals surface area (Å²) in [7, 11) is 0. The number of rotatable bonds is 6. The van der Waals surface area contributed by atoms with Gasteiger partial charge >= 0.3 is 0 Å². The Balaban J connectivity index is 1.59. The molecule has 7 heteroatoms. The number of imidazole rings is 1. The maximum Gasteiger partial charge on any atom is 0.275 e. The van der Waals surface area contributed by atoms with Crippen molar-refractivity contribution in [1.29, 1.82) is 0 Å². The van der Waals surface area contributed by atoms with E-state index in [0.717, 1.165) is 34.5 Å². The van der Waals surface area contributed by atoms with Crippen LogP contribution in [0.3, 0.4) is 0 Å². The summed E-state index contributed by atoms with van der Waals surface area (Å²) in [4.78, 5) is 29.6. The number of fused-ring (bicyclic) bond motifs is 1. The smallest absolute Gasteiger partial charge is 0.275 e. The number of para-hydroxylation sites is 2. The van der Waals surface area contributed by atoms with Crippen molar-refractivity contribution in [2.45, 2.75) is 20.0 Å². The molecule has 0 aliphatic carbocycles. The maximum absolute atomic E-state index is 12.8. The predicted molar refractivity (Wildman–Crippen MR) is 119 cm³/mol. The molecule has 2 amide bonds. The van der Waals surface area contributed by atoms with E-state index < -0.39 is 11.8 Å². The first kappa shape index (κ1) is 18.9. The molecule has 2 aromatic carbocycles. The molecule has 1 aliphatic heterocycles. The number of carbonyl (C=O) groups is 2. The number of hydrogen-bond donors (Lipinski definition) is 2. The average Bonchev–Trinajstić information content (AvgIpc) is 3.43. The molecule has 0 radical (unpaired) electrons. The third-order valence-corrected chi connectivity index (χ3v) is 5.54. The van der Waals surface area contributed by atoms with E-state index in [0.29, 0.717) is 12.1 Å². The van der Waals surface area contributed by atoms with E-state index in [4.69, 9.17) is 0 Å². The first-order valence-electron chi connectivity index (χ1n) is 10.1. The molecule has 0 spiro atoms. The predicted octanol–water partition coefficient (Wildman–Crippen LogP) is 3.33. The van der Waals surface area contributed by atoms with Crippen molar-refractivity contribution in [2.24, 2.45) is 0 Å². The van der Waals surface area contributed by atoms with Crippen LogP contribution in [0.2, 0.25) is 0 Å². The van der Waals surface area contributed by atoms with Gasteiger partial charge in [0, 0.05) is 53.8 Å². The Morgan fingerprint density at radius 1 is 0.935 bits per heavy atom. The monoisotopic (exact) mass is 411 g/mol. The Hall–Kier alpha value is -4.13. The molecule has 2 aromatic heterocycles. The molecule has 154 valence electrons. The molecule has 5 rings (SSSR count). The Labute approximate surface area is 179 Å². The van der Waals surface area contributed by atoms with Crippen LogP contribution in [0.4, 0.5) is 5.69 Å². The van der Waals surface area contributed by atoms with Crippen LogP contribution in [0.25, 0.3) is 16.5 Å². The van der Waals surface area contributed by atoms with Gasteiger partial charge in [0.25, 0.3) is 11.8 Å². The minimum absolute atomic E-state index is 0.268. The number of amides is 2. The largest absolute Gasteiger partial charge is 0.350 e. The van der Waals surface area contributed by atoms with Crippen LogP contribution >= 0.6 is 0 Å². The van der Waals surface area contributed by atoms with Crippen molar-refractivity contribution in [3.05, 3.63) is 90.3 Å². The van der Waals surface area contributed by atoms with Gasteiger partial charge < -0.3 is 14.5 Å². The van der Waals surface area contributed by atoms with Crippen LogP contribution in [-0.4, -0.2) is 25.9 Å². The molecule has 0 bridgehead atoms. The quantitative estimate of drug-likeness (QED) is 0.477. The number of nitrogens with zero attached hydrogens (tertiary/aromatic N) is 3. The Morgan fingerprint density at radius 3 is 2.45 bits per heavy atom. The zero-order chi connectivity index (χ0) is 21.4. The Kier molecular flexibility index (Phi) is 4.63. The number of hydrogen-bond acceptors (Lipinski definition) is 4. The molecule has 0 fully saturated rings. The van der Waals surface area contributed by atoms with Crippen LogP contribution in [0.5, 0.6) is 0 Å². The van der Waals surface area contributed by atoms with Crippen LogP contribution in [-0.2, 0) is 22.7 Å². The lowest BCUT2D eigenvalue weighted by atomic mass is 10.0. The molecular formula is C24H21N5O2. The molecule has 7 nitrogen and oxygen atoms in total. The number of aromatic nitrogens is 3. The molecule has 0 atom stereocenters. The number of benzene rings is 2. The lowest BCUT2D eigenvalue weighted by Gasteiger charge is -2.08. The number of imide groups is 1. The summed E-state index contributed by atoms with van der Waals surface area (Å²) in [6, 6.07) is 17.3. The molecule has 2 N–H and O–H groups in total. The minimum atomic E-state index is -0.422. The molecule has 0 saturated carbocycles. The van der Waals surface area contributed by atoms with Gasteiger partial charge in [-0.15, -0.1) is 0 Å². The van der Waals surface area contributed by atoms with Gasteiger partial charge in [0.05, 0.1) is 5.57 Å². The molecular weight excluding hydrogens is 390 g/mol. The van der Waals surface area contributed by atoms with Gasteiger partial charge in [-0.3, -0.25) is 14.9 Å².